The highest BCUT2D eigenvalue weighted by Gasteiger charge is 2.11. The smallest absolute Gasteiger partial charge is 0.168 e. The largest absolute Gasteiger partial charge is 0.507 e. The van der Waals surface area contributed by atoms with E-state index in [1.54, 1.807) is 35.7 Å². The van der Waals surface area contributed by atoms with Crippen molar-refractivity contribution >= 4 is 22.7 Å². The molecule has 17 heavy (non-hydrogen) atoms. The number of nitrogens with zero attached hydrogens (tertiary/aromatic N) is 2. The van der Waals surface area contributed by atoms with Gasteiger partial charge in [0.15, 0.2) is 6.29 Å². The molecule has 0 unspecified atom stereocenters. The number of fused-ring (bicyclic) bond motifs is 3. The molecule has 0 amide bonds. The molecule has 3 rings (SSSR count). The predicted octanol–water partition coefficient (Wildman–Crippen LogP) is 2.31. The van der Waals surface area contributed by atoms with E-state index in [1.165, 1.54) is 0 Å². The third-order valence-corrected chi connectivity index (χ3v) is 2.96. The lowest BCUT2D eigenvalue weighted by atomic mass is 10.1. The molecule has 0 aliphatic carbocycles. The van der Waals surface area contributed by atoms with Crippen molar-refractivity contribution in [2.24, 2.45) is 0 Å². The van der Waals surface area contributed by atoms with Gasteiger partial charge in [-0.15, -0.1) is 0 Å². The zero-order valence-electron chi connectivity index (χ0n) is 9.21. The van der Waals surface area contributed by atoms with Crippen molar-refractivity contribution in [3.63, 3.8) is 0 Å². The molecular formula is C13H10N2O2. The molecule has 1 aromatic carbocycles. The Morgan fingerprint density at radius 3 is 2.88 bits per heavy atom. The molecule has 0 radical (unpaired) electrons. The fourth-order valence-electron chi connectivity index (χ4n) is 2.11. The molecule has 0 saturated carbocycles. The van der Waals surface area contributed by atoms with E-state index in [0.717, 1.165) is 17.1 Å². The van der Waals surface area contributed by atoms with Gasteiger partial charge in [0.1, 0.15) is 17.1 Å². The van der Waals surface area contributed by atoms with Crippen molar-refractivity contribution in [2.75, 3.05) is 0 Å². The number of phenolic OH excluding ortho intramolecular Hbond substituents is 1. The molecule has 0 aliphatic rings. The number of aldehydes is 1. The second-order valence-corrected chi connectivity index (χ2v) is 3.95. The highest BCUT2D eigenvalue weighted by atomic mass is 16.3. The number of carbonyl (C=O) groups excluding carboxylic acids is 1. The molecular weight excluding hydrogens is 216 g/mol. The topological polar surface area (TPSA) is 54.6 Å². The Morgan fingerprint density at radius 1 is 1.29 bits per heavy atom. The number of pyridine rings is 1. The second kappa shape index (κ2) is 3.31. The number of carbonyl (C=O) groups is 1. The van der Waals surface area contributed by atoms with E-state index in [1.807, 2.05) is 6.07 Å². The number of hydrogen-bond donors (Lipinski definition) is 1. The van der Waals surface area contributed by atoms with Crippen LogP contribution in [0, 0.1) is 6.92 Å². The third-order valence-electron chi connectivity index (χ3n) is 2.96. The standard InChI is InChI=1S/C13H10N2O2/c1-8-11(7-16)15-6-5-9-10(13(15)14-8)3-2-4-12(9)17/h2-7,17H,1H3. The maximum atomic E-state index is 11.0. The Bertz CT molecular complexity index is 744. The maximum Gasteiger partial charge on any atom is 0.168 e. The number of imidazole rings is 1. The second-order valence-electron chi connectivity index (χ2n) is 3.95. The van der Waals surface area contributed by atoms with E-state index in [2.05, 4.69) is 4.98 Å². The number of phenols is 1. The van der Waals surface area contributed by atoms with E-state index in [0.29, 0.717) is 17.0 Å². The summed E-state index contributed by atoms with van der Waals surface area (Å²) in [6, 6.07) is 7.06. The van der Waals surface area contributed by atoms with E-state index in [-0.39, 0.29) is 5.75 Å². The van der Waals surface area contributed by atoms with Gasteiger partial charge < -0.3 is 5.11 Å². The van der Waals surface area contributed by atoms with Crippen LogP contribution in [0.3, 0.4) is 0 Å². The Kier molecular flexibility index (Phi) is 1.92. The van der Waals surface area contributed by atoms with Crippen molar-refractivity contribution in [2.45, 2.75) is 6.92 Å². The summed E-state index contributed by atoms with van der Waals surface area (Å²) in [5.41, 5.74) is 1.93. The van der Waals surface area contributed by atoms with E-state index in [9.17, 15) is 9.90 Å². The van der Waals surface area contributed by atoms with Gasteiger partial charge >= 0.3 is 0 Å². The summed E-state index contributed by atoms with van der Waals surface area (Å²) < 4.78 is 1.74. The molecule has 0 spiro atoms. The molecule has 2 aromatic heterocycles. The quantitative estimate of drug-likeness (QED) is 0.648. The number of benzene rings is 1. The van der Waals surface area contributed by atoms with Crippen LogP contribution in [0.25, 0.3) is 16.4 Å². The molecule has 0 aliphatic heterocycles. The molecule has 84 valence electrons. The van der Waals surface area contributed by atoms with E-state index < -0.39 is 0 Å². The summed E-state index contributed by atoms with van der Waals surface area (Å²) >= 11 is 0. The maximum absolute atomic E-state index is 11.0. The highest BCUT2D eigenvalue weighted by molar-refractivity contribution is 5.98. The SMILES string of the molecule is Cc1nc2c3cccc(O)c3ccn2c1C=O. The Labute approximate surface area is 97.1 Å². The first-order valence-electron chi connectivity index (χ1n) is 5.27. The van der Waals surface area contributed by atoms with Crippen LogP contribution in [0.15, 0.2) is 30.5 Å². The predicted molar refractivity (Wildman–Crippen MR) is 64.5 cm³/mol. The molecule has 3 aromatic rings. The van der Waals surface area contributed by atoms with Gasteiger partial charge in [0.2, 0.25) is 0 Å². The van der Waals surface area contributed by atoms with Gasteiger partial charge in [-0.05, 0) is 19.1 Å². The number of hydrogen-bond acceptors (Lipinski definition) is 3. The number of rotatable bonds is 1. The first-order valence-corrected chi connectivity index (χ1v) is 5.27. The summed E-state index contributed by atoms with van der Waals surface area (Å²) in [7, 11) is 0. The Morgan fingerprint density at radius 2 is 2.12 bits per heavy atom. The minimum absolute atomic E-state index is 0.221. The average molecular weight is 226 g/mol. The summed E-state index contributed by atoms with van der Waals surface area (Å²) in [5, 5.41) is 11.3. The van der Waals surface area contributed by atoms with Gasteiger partial charge in [0.05, 0.1) is 5.69 Å². The number of aromatic hydroxyl groups is 1. The van der Waals surface area contributed by atoms with Crippen LogP contribution in [0.2, 0.25) is 0 Å². The summed E-state index contributed by atoms with van der Waals surface area (Å²) in [5.74, 6) is 0.221. The van der Waals surface area contributed by atoms with Gasteiger partial charge in [-0.25, -0.2) is 4.98 Å². The van der Waals surface area contributed by atoms with Crippen molar-refractivity contribution < 1.29 is 9.90 Å². The molecule has 4 heteroatoms. The highest BCUT2D eigenvalue weighted by Crippen LogP contribution is 2.27. The van der Waals surface area contributed by atoms with Gasteiger partial charge in [-0.1, -0.05) is 12.1 Å². The Balaban J connectivity index is 2.57. The van der Waals surface area contributed by atoms with Crippen LogP contribution in [0.5, 0.6) is 5.75 Å². The monoisotopic (exact) mass is 226 g/mol. The van der Waals surface area contributed by atoms with Crippen LogP contribution in [0.1, 0.15) is 16.2 Å². The first-order chi connectivity index (χ1) is 8.22. The number of aryl methyl sites for hydroxylation is 1. The summed E-state index contributed by atoms with van der Waals surface area (Å²) in [4.78, 5) is 15.4. The van der Waals surface area contributed by atoms with Gasteiger partial charge in [-0.2, -0.15) is 0 Å². The summed E-state index contributed by atoms with van der Waals surface area (Å²) in [6.07, 6.45) is 2.55. The number of aromatic nitrogens is 2. The van der Waals surface area contributed by atoms with Crippen LogP contribution >= 0.6 is 0 Å². The van der Waals surface area contributed by atoms with Crippen LogP contribution < -0.4 is 0 Å². The van der Waals surface area contributed by atoms with E-state index in [4.69, 9.17) is 0 Å². The Hall–Kier alpha value is -2.36. The van der Waals surface area contributed by atoms with Gasteiger partial charge in [-0.3, -0.25) is 9.20 Å². The van der Waals surface area contributed by atoms with Gasteiger partial charge in [0, 0.05) is 17.0 Å². The first kappa shape index (κ1) is 9.84. The normalized spacial score (nSPS) is 11.1. The fourth-order valence-corrected chi connectivity index (χ4v) is 2.11. The molecule has 0 bridgehead atoms. The van der Waals surface area contributed by atoms with Crippen LogP contribution in [-0.4, -0.2) is 20.8 Å². The lowest BCUT2D eigenvalue weighted by molar-refractivity contribution is 0.111. The average Bonchev–Trinajstić information content (AvgIpc) is 2.65. The van der Waals surface area contributed by atoms with E-state index >= 15 is 0 Å². The third kappa shape index (κ3) is 1.24. The molecule has 1 N–H and O–H groups in total. The summed E-state index contributed by atoms with van der Waals surface area (Å²) in [6.45, 7) is 1.80. The van der Waals surface area contributed by atoms with Crippen LogP contribution in [-0.2, 0) is 0 Å². The molecule has 0 atom stereocenters. The lowest BCUT2D eigenvalue weighted by Gasteiger charge is -2.02. The molecule has 2 heterocycles. The zero-order valence-corrected chi connectivity index (χ0v) is 9.21. The van der Waals surface area contributed by atoms with Gasteiger partial charge in [0.25, 0.3) is 0 Å². The van der Waals surface area contributed by atoms with Crippen molar-refractivity contribution in [3.8, 4) is 5.75 Å². The molecule has 0 fully saturated rings. The van der Waals surface area contributed by atoms with Crippen molar-refractivity contribution in [1.29, 1.82) is 0 Å². The van der Waals surface area contributed by atoms with Crippen LogP contribution in [0.4, 0.5) is 0 Å². The lowest BCUT2D eigenvalue weighted by Crippen LogP contribution is -1.92. The molecule has 4 nitrogen and oxygen atoms in total. The zero-order chi connectivity index (χ0) is 12.0. The molecule has 0 saturated heterocycles. The minimum Gasteiger partial charge on any atom is -0.507 e. The van der Waals surface area contributed by atoms with Crippen molar-refractivity contribution in [3.05, 3.63) is 41.9 Å². The van der Waals surface area contributed by atoms with Crippen molar-refractivity contribution in [1.82, 2.24) is 9.38 Å². The fraction of sp³-hybridized carbons (Fsp3) is 0.0769. The minimum atomic E-state index is 0.221.